The van der Waals surface area contributed by atoms with Gasteiger partial charge in [-0.25, -0.2) is 4.79 Å². The van der Waals surface area contributed by atoms with Crippen LogP contribution in [-0.4, -0.2) is 35.1 Å². The topological polar surface area (TPSA) is 113 Å². The number of nitrogens with two attached hydrogens (primary N) is 1. The monoisotopic (exact) mass is 325 g/mol. The molecule has 1 amide bonds. The van der Waals surface area contributed by atoms with E-state index in [4.69, 9.17) is 5.73 Å². The summed E-state index contributed by atoms with van der Waals surface area (Å²) in [5.74, 6) is -0.0730. The lowest BCUT2D eigenvalue weighted by Crippen LogP contribution is -2.43. The minimum absolute atomic E-state index is 0.0236. The van der Waals surface area contributed by atoms with Gasteiger partial charge in [0.15, 0.2) is 0 Å². The van der Waals surface area contributed by atoms with E-state index in [1.807, 2.05) is 20.8 Å². The first-order valence-corrected chi connectivity index (χ1v) is 8.10. The van der Waals surface area contributed by atoms with Gasteiger partial charge in [0.05, 0.1) is 6.54 Å². The summed E-state index contributed by atoms with van der Waals surface area (Å²) in [7, 11) is 0. The molecule has 0 unspecified atom stereocenters. The van der Waals surface area contributed by atoms with Crippen molar-refractivity contribution in [3.05, 3.63) is 20.8 Å². The number of hydrogen-bond acceptors (Lipinski definition) is 5. The predicted octanol–water partition coefficient (Wildman–Crippen LogP) is 0.271. The Morgan fingerprint density at radius 1 is 1.26 bits per heavy atom. The lowest BCUT2D eigenvalue weighted by Gasteiger charge is -2.24. The number of likely N-dealkylation sites (N-methyl/N-ethyl adjacent to an activating group) is 1. The third-order valence-corrected chi connectivity index (χ3v) is 3.55. The zero-order valence-electron chi connectivity index (χ0n) is 14.1. The Balaban J connectivity index is 3.14. The highest BCUT2D eigenvalue weighted by Gasteiger charge is 2.19. The molecule has 0 aliphatic carbocycles. The summed E-state index contributed by atoms with van der Waals surface area (Å²) >= 11 is 0. The number of rotatable bonds is 9. The predicted molar refractivity (Wildman–Crippen MR) is 91.8 cm³/mol. The maximum atomic E-state index is 12.2. The molecule has 1 aromatic rings. The number of anilines is 2. The van der Waals surface area contributed by atoms with Gasteiger partial charge in [-0.3, -0.25) is 19.1 Å². The molecule has 0 radical (unpaired) electrons. The molecule has 0 fully saturated rings. The normalized spacial score (nSPS) is 10.6. The van der Waals surface area contributed by atoms with Gasteiger partial charge in [-0.1, -0.05) is 20.3 Å². The number of amides is 1. The van der Waals surface area contributed by atoms with Crippen molar-refractivity contribution in [3.63, 3.8) is 0 Å². The first-order chi connectivity index (χ1) is 11.0. The molecule has 0 bridgehead atoms. The molecule has 0 aliphatic rings. The second-order valence-corrected chi connectivity index (χ2v) is 5.36. The maximum Gasteiger partial charge on any atom is 0.330 e. The maximum absolute atomic E-state index is 12.2. The molecule has 0 aliphatic heterocycles. The van der Waals surface area contributed by atoms with Gasteiger partial charge in [0.2, 0.25) is 5.91 Å². The molecule has 1 aromatic heterocycles. The highest BCUT2D eigenvalue weighted by atomic mass is 16.2. The molecular weight excluding hydrogens is 298 g/mol. The number of aromatic amines is 1. The van der Waals surface area contributed by atoms with Gasteiger partial charge in [0.1, 0.15) is 11.5 Å². The van der Waals surface area contributed by atoms with Gasteiger partial charge in [-0.15, -0.1) is 0 Å². The van der Waals surface area contributed by atoms with Crippen LogP contribution in [-0.2, 0) is 11.3 Å². The average molecular weight is 325 g/mol. The lowest BCUT2D eigenvalue weighted by atomic mass is 10.3. The molecule has 1 heterocycles. The van der Waals surface area contributed by atoms with Crippen molar-refractivity contribution in [2.45, 2.75) is 46.6 Å². The number of hydrogen-bond donors (Lipinski definition) is 3. The van der Waals surface area contributed by atoms with Crippen molar-refractivity contribution < 1.29 is 4.79 Å². The zero-order valence-corrected chi connectivity index (χ0v) is 14.1. The van der Waals surface area contributed by atoms with Gasteiger partial charge in [0.25, 0.3) is 5.56 Å². The second-order valence-electron chi connectivity index (χ2n) is 5.36. The molecule has 8 heteroatoms. The van der Waals surface area contributed by atoms with E-state index < -0.39 is 11.2 Å². The number of carbonyl (C=O) groups is 1. The van der Waals surface area contributed by atoms with Gasteiger partial charge in [0, 0.05) is 19.6 Å². The van der Waals surface area contributed by atoms with Crippen LogP contribution in [0.15, 0.2) is 9.59 Å². The van der Waals surface area contributed by atoms with E-state index >= 15 is 0 Å². The Morgan fingerprint density at radius 2 is 1.96 bits per heavy atom. The van der Waals surface area contributed by atoms with Gasteiger partial charge < -0.3 is 16.0 Å². The Hall–Kier alpha value is -2.25. The molecule has 8 nitrogen and oxygen atoms in total. The Labute approximate surface area is 135 Å². The minimum atomic E-state index is -0.564. The largest absolute Gasteiger partial charge is 0.383 e. The molecule has 0 saturated carbocycles. The fraction of sp³-hybridized carbons (Fsp3) is 0.667. The van der Waals surface area contributed by atoms with Gasteiger partial charge in [-0.2, -0.15) is 0 Å². The van der Waals surface area contributed by atoms with Crippen LogP contribution in [0.25, 0.3) is 0 Å². The lowest BCUT2D eigenvalue weighted by molar-refractivity contribution is -0.119. The molecular formula is C15H27N5O3. The molecule has 0 spiro atoms. The standard InChI is InChI=1S/C15H27N5O3/c1-4-7-9-20-13(16)12(14(22)18-15(20)23)19(6-3)10-11(21)17-8-5-2/h4-10,16H2,1-3H3,(H,17,21)(H,18,22,23). The summed E-state index contributed by atoms with van der Waals surface area (Å²) in [4.78, 5) is 39.9. The third-order valence-electron chi connectivity index (χ3n) is 3.55. The van der Waals surface area contributed by atoms with Crippen LogP contribution in [0.3, 0.4) is 0 Å². The summed E-state index contributed by atoms with van der Waals surface area (Å²) < 4.78 is 1.35. The van der Waals surface area contributed by atoms with Crippen molar-refractivity contribution >= 4 is 17.4 Å². The molecule has 4 N–H and O–H groups in total. The number of nitrogen functional groups attached to an aromatic ring is 1. The van der Waals surface area contributed by atoms with Crippen LogP contribution >= 0.6 is 0 Å². The number of aromatic nitrogens is 2. The number of unbranched alkanes of at least 4 members (excludes halogenated alkanes) is 1. The van der Waals surface area contributed by atoms with Gasteiger partial charge in [-0.05, 0) is 19.8 Å². The SMILES string of the molecule is CCCCn1c(N)c(N(CC)CC(=O)NCCC)c(=O)[nH]c1=O. The van der Waals surface area contributed by atoms with Crippen molar-refractivity contribution in [3.8, 4) is 0 Å². The molecule has 23 heavy (non-hydrogen) atoms. The quantitative estimate of drug-likeness (QED) is 0.603. The first-order valence-electron chi connectivity index (χ1n) is 8.10. The van der Waals surface area contributed by atoms with Crippen LogP contribution < -0.4 is 27.2 Å². The van der Waals surface area contributed by atoms with Crippen LogP contribution in [0.4, 0.5) is 11.5 Å². The molecule has 130 valence electrons. The molecule has 0 aromatic carbocycles. The summed E-state index contributed by atoms with van der Waals surface area (Å²) in [6, 6.07) is 0. The van der Waals surface area contributed by atoms with E-state index in [-0.39, 0.29) is 24.0 Å². The summed E-state index contributed by atoms with van der Waals surface area (Å²) in [5.41, 5.74) is 5.14. The third kappa shape index (κ3) is 4.87. The second kappa shape index (κ2) is 9.02. The van der Waals surface area contributed by atoms with Gasteiger partial charge >= 0.3 is 5.69 Å². The molecule has 0 saturated heterocycles. The van der Waals surface area contributed by atoms with E-state index in [0.29, 0.717) is 19.6 Å². The first kappa shape index (κ1) is 18.8. The number of H-pyrrole nitrogens is 1. The van der Waals surface area contributed by atoms with Crippen LogP contribution in [0.5, 0.6) is 0 Å². The Morgan fingerprint density at radius 3 is 2.52 bits per heavy atom. The summed E-state index contributed by atoms with van der Waals surface area (Å²) in [6.07, 6.45) is 2.51. The summed E-state index contributed by atoms with van der Waals surface area (Å²) in [6.45, 7) is 7.26. The Kier molecular flexibility index (Phi) is 7.37. The summed E-state index contributed by atoms with van der Waals surface area (Å²) in [5, 5.41) is 2.76. The minimum Gasteiger partial charge on any atom is -0.383 e. The zero-order chi connectivity index (χ0) is 17.4. The van der Waals surface area contributed by atoms with E-state index in [2.05, 4.69) is 10.3 Å². The van der Waals surface area contributed by atoms with Crippen molar-refractivity contribution in [1.82, 2.24) is 14.9 Å². The van der Waals surface area contributed by atoms with Crippen molar-refractivity contribution in [2.75, 3.05) is 30.3 Å². The smallest absolute Gasteiger partial charge is 0.330 e. The Bertz CT molecular complexity index is 635. The van der Waals surface area contributed by atoms with Crippen molar-refractivity contribution in [1.29, 1.82) is 0 Å². The average Bonchev–Trinajstić information content (AvgIpc) is 2.51. The van der Waals surface area contributed by atoms with E-state index in [9.17, 15) is 14.4 Å². The van der Waals surface area contributed by atoms with E-state index in [0.717, 1.165) is 19.3 Å². The molecule has 0 atom stereocenters. The fourth-order valence-electron chi connectivity index (χ4n) is 2.26. The van der Waals surface area contributed by atoms with E-state index in [1.54, 1.807) is 4.90 Å². The van der Waals surface area contributed by atoms with E-state index in [1.165, 1.54) is 4.57 Å². The number of nitrogens with zero attached hydrogens (tertiary/aromatic N) is 2. The highest BCUT2D eigenvalue weighted by Crippen LogP contribution is 2.16. The molecule has 1 rings (SSSR count). The number of nitrogens with one attached hydrogen (secondary N) is 2. The highest BCUT2D eigenvalue weighted by molar-refractivity contribution is 5.82. The van der Waals surface area contributed by atoms with Crippen LogP contribution in [0, 0.1) is 0 Å². The van der Waals surface area contributed by atoms with Crippen LogP contribution in [0.2, 0.25) is 0 Å². The number of carbonyl (C=O) groups excluding carboxylic acids is 1. The van der Waals surface area contributed by atoms with Crippen molar-refractivity contribution in [2.24, 2.45) is 0 Å². The fourth-order valence-corrected chi connectivity index (χ4v) is 2.26. The van der Waals surface area contributed by atoms with Crippen LogP contribution in [0.1, 0.15) is 40.0 Å².